The number of methoxy groups -OCH3 is 1. The predicted molar refractivity (Wildman–Crippen MR) is 74.0 cm³/mol. The van der Waals surface area contributed by atoms with Gasteiger partial charge < -0.3 is 15.8 Å². The molecule has 0 radical (unpaired) electrons. The number of hydrogen-bond acceptors (Lipinski definition) is 5. The summed E-state index contributed by atoms with van der Waals surface area (Å²) in [5.74, 6) is 0.930. The van der Waals surface area contributed by atoms with E-state index in [-0.39, 0.29) is 5.95 Å². The quantitative estimate of drug-likeness (QED) is 0.878. The van der Waals surface area contributed by atoms with E-state index < -0.39 is 0 Å². The molecule has 1 aromatic heterocycles. The van der Waals surface area contributed by atoms with Gasteiger partial charge in [-0.1, -0.05) is 17.7 Å². The minimum absolute atomic E-state index is 0.249. The number of halogens is 1. The zero-order valence-electron chi connectivity index (χ0n) is 10.4. The number of nitrogen functional groups attached to an aromatic ring is 1. The molecule has 19 heavy (non-hydrogen) atoms. The standard InChI is InChI=1S/C13H13ClN4O/c1-19-10-4-2-3-8(14)11(10)12-7-5-16-6-9(7)17-13(15)18-12/h2-4,16H,5-6H2,1H3,(H2,15,17,18). The van der Waals surface area contributed by atoms with Crippen LogP contribution in [0.1, 0.15) is 11.3 Å². The zero-order valence-corrected chi connectivity index (χ0v) is 11.2. The van der Waals surface area contributed by atoms with Gasteiger partial charge in [-0.2, -0.15) is 0 Å². The van der Waals surface area contributed by atoms with Crippen molar-refractivity contribution in [1.82, 2.24) is 15.3 Å². The largest absolute Gasteiger partial charge is 0.496 e. The van der Waals surface area contributed by atoms with Crippen molar-refractivity contribution in [2.75, 3.05) is 12.8 Å². The van der Waals surface area contributed by atoms with E-state index in [2.05, 4.69) is 15.3 Å². The van der Waals surface area contributed by atoms with Gasteiger partial charge in [0.1, 0.15) is 5.75 Å². The summed E-state index contributed by atoms with van der Waals surface area (Å²) in [6.07, 6.45) is 0. The molecular weight excluding hydrogens is 264 g/mol. The van der Waals surface area contributed by atoms with Crippen LogP contribution in [0.3, 0.4) is 0 Å². The van der Waals surface area contributed by atoms with E-state index in [1.54, 1.807) is 7.11 Å². The van der Waals surface area contributed by atoms with Gasteiger partial charge in [-0.25, -0.2) is 9.97 Å². The first-order valence-electron chi connectivity index (χ1n) is 5.89. The van der Waals surface area contributed by atoms with Crippen LogP contribution in [0.25, 0.3) is 11.3 Å². The number of nitrogens with one attached hydrogen (secondary N) is 1. The Labute approximate surface area is 115 Å². The molecule has 0 fully saturated rings. The topological polar surface area (TPSA) is 73.1 Å². The first-order valence-corrected chi connectivity index (χ1v) is 6.27. The summed E-state index contributed by atoms with van der Waals surface area (Å²) in [4.78, 5) is 8.59. The first kappa shape index (κ1) is 12.2. The summed E-state index contributed by atoms with van der Waals surface area (Å²) in [5, 5.41) is 3.83. The van der Waals surface area contributed by atoms with Gasteiger partial charge in [-0.15, -0.1) is 0 Å². The highest BCUT2D eigenvalue weighted by Gasteiger charge is 2.22. The molecule has 0 atom stereocenters. The van der Waals surface area contributed by atoms with E-state index in [1.807, 2.05) is 18.2 Å². The van der Waals surface area contributed by atoms with Crippen molar-refractivity contribution in [2.45, 2.75) is 13.1 Å². The number of nitrogens with two attached hydrogens (primary N) is 1. The Morgan fingerprint density at radius 3 is 2.95 bits per heavy atom. The maximum Gasteiger partial charge on any atom is 0.220 e. The van der Waals surface area contributed by atoms with Crippen LogP contribution in [0, 0.1) is 0 Å². The van der Waals surface area contributed by atoms with Gasteiger partial charge in [-0.3, -0.25) is 0 Å². The number of rotatable bonds is 2. The number of ether oxygens (including phenoxy) is 1. The van der Waals surface area contributed by atoms with E-state index in [0.29, 0.717) is 23.9 Å². The highest BCUT2D eigenvalue weighted by Crippen LogP contribution is 2.38. The zero-order chi connectivity index (χ0) is 13.4. The lowest BCUT2D eigenvalue weighted by molar-refractivity contribution is 0.416. The van der Waals surface area contributed by atoms with Gasteiger partial charge in [-0.05, 0) is 12.1 Å². The fraction of sp³-hybridized carbons (Fsp3) is 0.231. The maximum atomic E-state index is 6.30. The highest BCUT2D eigenvalue weighted by atomic mass is 35.5. The first-order chi connectivity index (χ1) is 9.20. The Morgan fingerprint density at radius 1 is 1.32 bits per heavy atom. The Balaban J connectivity index is 2.29. The van der Waals surface area contributed by atoms with Crippen molar-refractivity contribution >= 4 is 17.5 Å². The maximum absolute atomic E-state index is 6.30. The van der Waals surface area contributed by atoms with Crippen LogP contribution in [0.5, 0.6) is 5.75 Å². The number of fused-ring (bicyclic) bond motifs is 1. The van der Waals surface area contributed by atoms with Crippen LogP contribution in [0.4, 0.5) is 5.95 Å². The Kier molecular flexibility index (Phi) is 3.00. The van der Waals surface area contributed by atoms with Crippen molar-refractivity contribution in [3.8, 4) is 17.0 Å². The second-order valence-electron chi connectivity index (χ2n) is 4.28. The molecule has 2 aromatic rings. The molecule has 1 aliphatic heterocycles. The van der Waals surface area contributed by atoms with Gasteiger partial charge in [0.15, 0.2) is 0 Å². The van der Waals surface area contributed by atoms with Crippen LogP contribution in [0.2, 0.25) is 5.02 Å². The van der Waals surface area contributed by atoms with E-state index >= 15 is 0 Å². The summed E-state index contributed by atoms with van der Waals surface area (Å²) in [7, 11) is 1.61. The summed E-state index contributed by atoms with van der Waals surface area (Å²) in [5.41, 5.74) is 9.24. The van der Waals surface area contributed by atoms with Crippen molar-refractivity contribution in [3.05, 3.63) is 34.5 Å². The third kappa shape index (κ3) is 2.01. The minimum atomic E-state index is 0.249. The summed E-state index contributed by atoms with van der Waals surface area (Å²) < 4.78 is 5.37. The normalized spacial score (nSPS) is 13.4. The molecule has 0 saturated heterocycles. The molecule has 1 aliphatic rings. The van der Waals surface area contributed by atoms with Gasteiger partial charge in [0.25, 0.3) is 0 Å². The summed E-state index contributed by atoms with van der Waals surface area (Å²) in [6, 6.07) is 5.51. The third-order valence-corrected chi connectivity index (χ3v) is 3.45. The average Bonchev–Trinajstić information content (AvgIpc) is 2.85. The van der Waals surface area contributed by atoms with E-state index in [4.69, 9.17) is 22.1 Å². The molecule has 5 nitrogen and oxygen atoms in total. The molecule has 2 heterocycles. The predicted octanol–water partition coefficient (Wildman–Crippen LogP) is 1.99. The summed E-state index contributed by atoms with van der Waals surface area (Å²) in [6.45, 7) is 1.40. The monoisotopic (exact) mass is 276 g/mol. The molecule has 1 aromatic carbocycles. The van der Waals surface area contributed by atoms with Crippen LogP contribution in [0.15, 0.2) is 18.2 Å². The smallest absolute Gasteiger partial charge is 0.220 e. The average molecular weight is 277 g/mol. The minimum Gasteiger partial charge on any atom is -0.496 e. The van der Waals surface area contributed by atoms with Crippen molar-refractivity contribution in [1.29, 1.82) is 0 Å². The highest BCUT2D eigenvalue weighted by molar-refractivity contribution is 6.33. The Bertz CT molecular complexity index is 645. The second-order valence-corrected chi connectivity index (χ2v) is 4.68. The lowest BCUT2D eigenvalue weighted by atomic mass is 10.0. The third-order valence-electron chi connectivity index (χ3n) is 3.14. The summed E-state index contributed by atoms with van der Waals surface area (Å²) >= 11 is 6.30. The van der Waals surface area contributed by atoms with Crippen LogP contribution in [-0.2, 0) is 13.1 Å². The molecule has 0 saturated carbocycles. The molecule has 3 N–H and O–H groups in total. The lowest BCUT2D eigenvalue weighted by Crippen LogP contribution is -2.03. The molecular formula is C13H13ClN4O. The molecule has 0 amide bonds. The second kappa shape index (κ2) is 4.68. The van der Waals surface area contributed by atoms with Crippen LogP contribution in [-0.4, -0.2) is 17.1 Å². The Morgan fingerprint density at radius 2 is 2.16 bits per heavy atom. The molecule has 3 rings (SSSR count). The molecule has 0 bridgehead atoms. The van der Waals surface area contributed by atoms with E-state index in [9.17, 15) is 0 Å². The van der Waals surface area contributed by atoms with E-state index in [0.717, 1.165) is 22.5 Å². The number of benzene rings is 1. The molecule has 0 unspecified atom stereocenters. The van der Waals surface area contributed by atoms with Gasteiger partial charge in [0, 0.05) is 18.7 Å². The molecule has 0 spiro atoms. The number of aromatic nitrogens is 2. The Hall–Kier alpha value is -1.85. The lowest BCUT2D eigenvalue weighted by Gasteiger charge is -2.13. The van der Waals surface area contributed by atoms with Crippen molar-refractivity contribution in [3.63, 3.8) is 0 Å². The van der Waals surface area contributed by atoms with Gasteiger partial charge in [0.05, 0.1) is 29.1 Å². The van der Waals surface area contributed by atoms with Crippen molar-refractivity contribution < 1.29 is 4.74 Å². The van der Waals surface area contributed by atoms with Gasteiger partial charge in [0.2, 0.25) is 5.95 Å². The number of nitrogens with zero attached hydrogens (tertiary/aromatic N) is 2. The van der Waals surface area contributed by atoms with Crippen LogP contribution < -0.4 is 15.8 Å². The molecule has 6 heteroatoms. The fourth-order valence-corrected chi connectivity index (χ4v) is 2.55. The molecule has 0 aliphatic carbocycles. The SMILES string of the molecule is COc1cccc(Cl)c1-c1nc(N)nc2c1CNC2. The number of anilines is 1. The number of hydrogen-bond donors (Lipinski definition) is 2. The van der Waals surface area contributed by atoms with E-state index in [1.165, 1.54) is 0 Å². The van der Waals surface area contributed by atoms with Crippen molar-refractivity contribution in [2.24, 2.45) is 0 Å². The fourth-order valence-electron chi connectivity index (χ4n) is 2.30. The van der Waals surface area contributed by atoms with Crippen LogP contribution >= 0.6 is 11.6 Å². The van der Waals surface area contributed by atoms with Gasteiger partial charge >= 0.3 is 0 Å². The molecule has 98 valence electrons.